The molecule has 0 aliphatic carbocycles. The molecule has 4 rings (SSSR count). The van der Waals surface area contributed by atoms with Crippen LogP contribution in [0.1, 0.15) is 5.56 Å². The summed E-state index contributed by atoms with van der Waals surface area (Å²) < 4.78 is 5.35. The zero-order valence-electron chi connectivity index (χ0n) is 14.4. The minimum absolute atomic E-state index is 0.119. The third kappa shape index (κ3) is 3.77. The molecule has 27 heavy (non-hydrogen) atoms. The Balaban J connectivity index is 1.59. The Morgan fingerprint density at radius 2 is 1.70 bits per heavy atom. The van der Waals surface area contributed by atoms with Crippen molar-refractivity contribution >= 4 is 22.5 Å². The minimum Gasteiger partial charge on any atom is -0.403 e. The second kappa shape index (κ2) is 7.25. The number of carbonyl (C=O) groups is 1. The summed E-state index contributed by atoms with van der Waals surface area (Å²) in [6, 6.07) is 23.6. The molecule has 0 atom stereocenters. The van der Waals surface area contributed by atoms with Gasteiger partial charge in [0.2, 0.25) is 11.8 Å². The number of rotatable bonds is 4. The van der Waals surface area contributed by atoms with Crippen LogP contribution in [0.25, 0.3) is 22.4 Å². The quantitative estimate of drug-likeness (QED) is 0.599. The molecule has 0 aliphatic rings. The van der Waals surface area contributed by atoms with Crippen LogP contribution in [0.3, 0.4) is 0 Å². The number of aromatic nitrogens is 1. The van der Waals surface area contributed by atoms with Gasteiger partial charge in [-0.2, -0.15) is 0 Å². The van der Waals surface area contributed by atoms with Gasteiger partial charge in [0.1, 0.15) is 0 Å². The fourth-order valence-electron chi connectivity index (χ4n) is 2.86. The van der Waals surface area contributed by atoms with E-state index in [1.807, 2.05) is 36.4 Å². The number of hydrogen-bond donors (Lipinski definition) is 1. The average molecular weight is 356 g/mol. The van der Waals surface area contributed by atoms with Crippen LogP contribution in [0.4, 0.5) is 5.69 Å². The van der Waals surface area contributed by atoms with E-state index in [0.29, 0.717) is 22.2 Å². The number of nitrogens with zero attached hydrogens (tertiary/aromatic N) is 1. The molecular formula is C22H16N2O3. The molecule has 0 spiro atoms. The van der Waals surface area contributed by atoms with Gasteiger partial charge in [-0.15, -0.1) is 0 Å². The molecule has 0 bridgehead atoms. The maximum atomic E-state index is 12.3. The number of para-hydroxylation sites is 1. The molecule has 0 unspecified atom stereocenters. The average Bonchev–Trinajstić information content (AvgIpc) is 2.69. The summed E-state index contributed by atoms with van der Waals surface area (Å²) in [4.78, 5) is 28.8. The molecular weight excluding hydrogens is 340 g/mol. The lowest BCUT2D eigenvalue weighted by atomic mass is 10.1. The topological polar surface area (TPSA) is 72.2 Å². The number of fused-ring (bicyclic) bond motifs is 1. The van der Waals surface area contributed by atoms with Gasteiger partial charge in [0.15, 0.2) is 0 Å². The SMILES string of the molecule is O=C(Cc1ccccc1)Nc1cccc(-c2nc3ccccc3c(=O)o2)c1. The number of hydrogen-bond acceptors (Lipinski definition) is 4. The van der Waals surface area contributed by atoms with E-state index < -0.39 is 5.63 Å². The highest BCUT2D eigenvalue weighted by atomic mass is 16.4. The van der Waals surface area contributed by atoms with Gasteiger partial charge < -0.3 is 9.73 Å². The van der Waals surface area contributed by atoms with E-state index in [4.69, 9.17) is 4.42 Å². The highest BCUT2D eigenvalue weighted by Gasteiger charge is 2.10. The van der Waals surface area contributed by atoms with Crippen molar-refractivity contribution in [2.45, 2.75) is 6.42 Å². The fraction of sp³-hybridized carbons (Fsp3) is 0.0455. The third-order valence-corrected chi connectivity index (χ3v) is 4.14. The monoisotopic (exact) mass is 356 g/mol. The van der Waals surface area contributed by atoms with E-state index >= 15 is 0 Å². The van der Waals surface area contributed by atoms with E-state index in [9.17, 15) is 9.59 Å². The zero-order chi connectivity index (χ0) is 18.6. The van der Waals surface area contributed by atoms with Crippen molar-refractivity contribution in [1.82, 2.24) is 4.98 Å². The van der Waals surface area contributed by atoms with Crippen LogP contribution in [0.2, 0.25) is 0 Å². The van der Waals surface area contributed by atoms with Crippen LogP contribution >= 0.6 is 0 Å². The number of carbonyl (C=O) groups excluding carboxylic acids is 1. The fourth-order valence-corrected chi connectivity index (χ4v) is 2.86. The standard InChI is InChI=1S/C22H16N2O3/c25-20(13-15-7-2-1-3-8-15)23-17-10-6-9-16(14-17)21-24-19-12-5-4-11-18(19)22(26)27-21/h1-12,14H,13H2,(H,23,25). The lowest BCUT2D eigenvalue weighted by Crippen LogP contribution is -2.14. The molecule has 5 heteroatoms. The molecule has 0 radical (unpaired) electrons. The van der Waals surface area contributed by atoms with Crippen molar-refractivity contribution in [3.63, 3.8) is 0 Å². The first-order chi connectivity index (χ1) is 13.2. The first-order valence-electron chi connectivity index (χ1n) is 8.53. The predicted molar refractivity (Wildman–Crippen MR) is 104 cm³/mol. The molecule has 132 valence electrons. The lowest BCUT2D eigenvalue weighted by Gasteiger charge is -2.07. The summed E-state index contributed by atoms with van der Waals surface area (Å²) in [7, 11) is 0. The number of nitrogens with one attached hydrogen (secondary N) is 1. The second-order valence-corrected chi connectivity index (χ2v) is 6.11. The highest BCUT2D eigenvalue weighted by molar-refractivity contribution is 5.92. The number of anilines is 1. The molecule has 3 aromatic carbocycles. The van der Waals surface area contributed by atoms with Gasteiger partial charge in [-0.05, 0) is 35.9 Å². The van der Waals surface area contributed by atoms with E-state index in [0.717, 1.165) is 5.56 Å². The highest BCUT2D eigenvalue weighted by Crippen LogP contribution is 2.22. The van der Waals surface area contributed by atoms with Gasteiger partial charge in [-0.3, -0.25) is 4.79 Å². The van der Waals surface area contributed by atoms with E-state index in [2.05, 4.69) is 10.3 Å². The number of benzene rings is 3. The summed E-state index contributed by atoms with van der Waals surface area (Å²) in [5.41, 5.74) is 2.31. The molecule has 4 aromatic rings. The zero-order valence-corrected chi connectivity index (χ0v) is 14.4. The van der Waals surface area contributed by atoms with E-state index in [1.54, 1.807) is 42.5 Å². The largest absolute Gasteiger partial charge is 0.403 e. The summed E-state index contributed by atoms with van der Waals surface area (Å²) >= 11 is 0. The molecule has 1 heterocycles. The van der Waals surface area contributed by atoms with Crippen LogP contribution in [0.5, 0.6) is 0 Å². The van der Waals surface area contributed by atoms with Crippen molar-refractivity contribution in [3.8, 4) is 11.5 Å². The molecule has 5 nitrogen and oxygen atoms in total. The smallest absolute Gasteiger partial charge is 0.347 e. The van der Waals surface area contributed by atoms with Crippen molar-refractivity contribution in [1.29, 1.82) is 0 Å². The molecule has 0 aliphatic heterocycles. The predicted octanol–water partition coefficient (Wildman–Crippen LogP) is 4.04. The maximum Gasteiger partial charge on any atom is 0.347 e. The Morgan fingerprint density at radius 3 is 2.56 bits per heavy atom. The summed E-state index contributed by atoms with van der Waals surface area (Å²) in [6.07, 6.45) is 0.286. The van der Waals surface area contributed by atoms with Gasteiger partial charge in [0, 0.05) is 11.3 Å². The Morgan fingerprint density at radius 1 is 0.926 bits per heavy atom. The van der Waals surface area contributed by atoms with Crippen LogP contribution in [0, 0.1) is 0 Å². The van der Waals surface area contributed by atoms with E-state index in [1.165, 1.54) is 0 Å². The van der Waals surface area contributed by atoms with Gasteiger partial charge in [0.25, 0.3) is 0 Å². The first kappa shape index (κ1) is 16.7. The Labute approximate surface area is 155 Å². The lowest BCUT2D eigenvalue weighted by molar-refractivity contribution is -0.115. The van der Waals surface area contributed by atoms with Crippen molar-refractivity contribution in [2.24, 2.45) is 0 Å². The molecule has 1 aromatic heterocycles. The van der Waals surface area contributed by atoms with Crippen LogP contribution in [0.15, 0.2) is 88.1 Å². The molecule has 1 N–H and O–H groups in total. The minimum atomic E-state index is -0.436. The number of amides is 1. The third-order valence-electron chi connectivity index (χ3n) is 4.14. The van der Waals surface area contributed by atoms with Crippen molar-refractivity contribution in [3.05, 3.63) is 94.8 Å². The summed E-state index contributed by atoms with van der Waals surface area (Å²) in [5, 5.41) is 3.30. The van der Waals surface area contributed by atoms with Crippen LogP contribution in [-0.2, 0) is 11.2 Å². The Kier molecular flexibility index (Phi) is 4.49. The van der Waals surface area contributed by atoms with Crippen LogP contribution in [-0.4, -0.2) is 10.9 Å². The molecule has 0 saturated carbocycles. The van der Waals surface area contributed by atoms with Gasteiger partial charge in [-0.1, -0.05) is 48.5 Å². The van der Waals surface area contributed by atoms with Crippen LogP contribution < -0.4 is 10.9 Å². The summed E-state index contributed by atoms with van der Waals surface area (Å²) in [5.74, 6) is 0.101. The van der Waals surface area contributed by atoms with Crippen molar-refractivity contribution in [2.75, 3.05) is 5.32 Å². The molecule has 0 fully saturated rings. The van der Waals surface area contributed by atoms with E-state index in [-0.39, 0.29) is 18.2 Å². The van der Waals surface area contributed by atoms with Gasteiger partial charge in [0.05, 0.1) is 17.3 Å². The second-order valence-electron chi connectivity index (χ2n) is 6.11. The Bertz CT molecular complexity index is 1170. The first-order valence-corrected chi connectivity index (χ1v) is 8.53. The molecule has 1 amide bonds. The summed E-state index contributed by atoms with van der Waals surface area (Å²) in [6.45, 7) is 0. The van der Waals surface area contributed by atoms with Gasteiger partial charge >= 0.3 is 5.63 Å². The maximum absolute atomic E-state index is 12.3. The Hall–Kier alpha value is -3.73. The molecule has 0 saturated heterocycles. The van der Waals surface area contributed by atoms with Gasteiger partial charge in [-0.25, -0.2) is 9.78 Å². The normalized spacial score (nSPS) is 10.7. The van der Waals surface area contributed by atoms with Crippen molar-refractivity contribution < 1.29 is 9.21 Å².